The third kappa shape index (κ3) is 5.19. The van der Waals surface area contributed by atoms with Gasteiger partial charge in [0.1, 0.15) is 5.69 Å². The summed E-state index contributed by atoms with van der Waals surface area (Å²) < 4.78 is 28.0. The lowest BCUT2D eigenvalue weighted by atomic mass is 10.2. The Bertz CT molecular complexity index is 1330. The van der Waals surface area contributed by atoms with Gasteiger partial charge in [0.25, 0.3) is 0 Å². The van der Waals surface area contributed by atoms with Crippen molar-refractivity contribution >= 4 is 39.1 Å². The first-order chi connectivity index (χ1) is 17.4. The molecule has 36 heavy (non-hydrogen) atoms. The fourth-order valence-corrected chi connectivity index (χ4v) is 5.79. The molecule has 5 rings (SSSR count). The summed E-state index contributed by atoms with van der Waals surface area (Å²) in [6.45, 7) is 0.862. The van der Waals surface area contributed by atoms with Crippen LogP contribution in [0.1, 0.15) is 37.7 Å². The Morgan fingerprint density at radius 3 is 2.47 bits per heavy atom. The Morgan fingerprint density at radius 2 is 1.75 bits per heavy atom. The zero-order chi connectivity index (χ0) is 25.1. The lowest BCUT2D eigenvalue weighted by Gasteiger charge is -2.30. The molecule has 1 aliphatic carbocycles. The number of rotatable bonds is 7. The van der Waals surface area contributed by atoms with Gasteiger partial charge in [-0.1, -0.05) is 43.2 Å². The van der Waals surface area contributed by atoms with Crippen molar-refractivity contribution in [2.45, 2.75) is 49.6 Å². The quantitative estimate of drug-likeness (QED) is 0.502. The maximum Gasteiger partial charge on any atom is 0.240 e. The number of carbonyl (C=O) groups excluding carboxylic acids is 1. The van der Waals surface area contributed by atoms with Crippen molar-refractivity contribution in [3.8, 4) is 0 Å². The van der Waals surface area contributed by atoms with Crippen LogP contribution in [0.25, 0.3) is 0 Å². The molecule has 1 aliphatic heterocycles. The van der Waals surface area contributed by atoms with Crippen LogP contribution in [0.5, 0.6) is 0 Å². The fourth-order valence-electron chi connectivity index (χ4n) is 4.77. The van der Waals surface area contributed by atoms with Crippen LogP contribution in [0.3, 0.4) is 0 Å². The second-order valence-electron chi connectivity index (χ2n) is 9.20. The first-order valence-electron chi connectivity index (χ1n) is 12.2. The van der Waals surface area contributed by atoms with Crippen molar-refractivity contribution < 1.29 is 13.2 Å². The van der Waals surface area contributed by atoms with Crippen LogP contribution in [-0.4, -0.2) is 43.9 Å². The topological polar surface area (TPSA) is 108 Å². The van der Waals surface area contributed by atoms with Crippen LogP contribution in [0.2, 0.25) is 0 Å². The maximum atomic E-state index is 12.7. The van der Waals surface area contributed by atoms with Crippen LogP contribution in [0.4, 0.5) is 23.1 Å². The average molecular weight is 507 g/mol. The number of nitrogens with one attached hydrogen (secondary N) is 2. The Kier molecular flexibility index (Phi) is 6.88. The Labute approximate surface area is 211 Å². The summed E-state index contributed by atoms with van der Waals surface area (Å²) in [5.41, 5.74) is 2.27. The molecule has 0 unspecified atom stereocenters. The van der Waals surface area contributed by atoms with E-state index in [4.69, 9.17) is 4.98 Å². The molecule has 1 fully saturated rings. The molecule has 0 bridgehead atoms. The summed E-state index contributed by atoms with van der Waals surface area (Å²) >= 11 is 0. The van der Waals surface area contributed by atoms with Gasteiger partial charge in [0, 0.05) is 38.3 Å². The molecule has 10 heteroatoms. The highest BCUT2D eigenvalue weighted by Gasteiger charge is 2.31. The number of sulfonamides is 1. The number of amides is 1. The normalized spacial score (nSPS) is 16.6. The van der Waals surface area contributed by atoms with E-state index >= 15 is 0 Å². The van der Waals surface area contributed by atoms with Crippen molar-refractivity contribution in [1.82, 2.24) is 14.7 Å². The van der Waals surface area contributed by atoms with Crippen LogP contribution in [0, 0.1) is 0 Å². The van der Waals surface area contributed by atoms with Gasteiger partial charge in [-0.15, -0.1) is 0 Å². The summed E-state index contributed by atoms with van der Waals surface area (Å²) in [5.74, 6) is 1.22. The van der Waals surface area contributed by atoms with E-state index < -0.39 is 10.0 Å². The number of fused-ring (bicyclic) bond motifs is 1. The molecule has 1 aromatic heterocycles. The largest absolute Gasteiger partial charge is 0.351 e. The van der Waals surface area contributed by atoms with E-state index in [9.17, 15) is 13.2 Å². The molecule has 2 N–H and O–H groups in total. The van der Waals surface area contributed by atoms with E-state index in [1.54, 1.807) is 42.4 Å². The third-order valence-electron chi connectivity index (χ3n) is 6.82. The van der Waals surface area contributed by atoms with Gasteiger partial charge in [0.2, 0.25) is 21.9 Å². The van der Waals surface area contributed by atoms with Gasteiger partial charge in [0.15, 0.2) is 5.82 Å². The monoisotopic (exact) mass is 506 g/mol. The summed E-state index contributed by atoms with van der Waals surface area (Å²) in [5, 5.41) is 3.18. The van der Waals surface area contributed by atoms with E-state index in [1.807, 2.05) is 30.3 Å². The highest BCUT2D eigenvalue weighted by atomic mass is 32.2. The van der Waals surface area contributed by atoms with E-state index in [0.29, 0.717) is 36.3 Å². The molecule has 3 aromatic rings. The zero-order valence-corrected chi connectivity index (χ0v) is 21.0. The van der Waals surface area contributed by atoms with Gasteiger partial charge in [-0.25, -0.2) is 18.1 Å². The van der Waals surface area contributed by atoms with Crippen molar-refractivity contribution in [1.29, 1.82) is 0 Å². The van der Waals surface area contributed by atoms with Gasteiger partial charge < -0.3 is 15.1 Å². The van der Waals surface area contributed by atoms with E-state index in [0.717, 1.165) is 24.2 Å². The summed E-state index contributed by atoms with van der Waals surface area (Å²) in [4.78, 5) is 25.8. The lowest BCUT2D eigenvalue weighted by molar-refractivity contribution is -0.118. The summed E-state index contributed by atoms with van der Waals surface area (Å²) in [6.07, 6.45) is 6.69. The smallest absolute Gasteiger partial charge is 0.240 e. The molecule has 0 atom stereocenters. The molecule has 0 radical (unpaired) electrons. The second kappa shape index (κ2) is 10.2. The molecule has 2 heterocycles. The minimum atomic E-state index is -3.65. The predicted molar refractivity (Wildman–Crippen MR) is 140 cm³/mol. The fraction of sp³-hybridized carbons (Fsp3) is 0.346. The van der Waals surface area contributed by atoms with Crippen molar-refractivity contribution in [3.63, 3.8) is 0 Å². The molecule has 2 aromatic carbocycles. The van der Waals surface area contributed by atoms with Crippen LogP contribution < -0.4 is 19.8 Å². The number of benzene rings is 2. The highest BCUT2D eigenvalue weighted by molar-refractivity contribution is 7.89. The second-order valence-corrected chi connectivity index (χ2v) is 11.0. The van der Waals surface area contributed by atoms with E-state index in [1.165, 1.54) is 12.8 Å². The minimum Gasteiger partial charge on any atom is -0.351 e. The molecule has 2 aliphatic rings. The predicted octanol–water partition coefficient (Wildman–Crippen LogP) is 3.81. The summed E-state index contributed by atoms with van der Waals surface area (Å²) in [6, 6.07) is 16.2. The lowest BCUT2D eigenvalue weighted by Crippen LogP contribution is -2.34. The van der Waals surface area contributed by atoms with Crippen LogP contribution >= 0.6 is 0 Å². The first kappa shape index (κ1) is 24.2. The Hall–Kier alpha value is -3.50. The highest BCUT2D eigenvalue weighted by Crippen LogP contribution is 2.36. The van der Waals surface area contributed by atoms with Gasteiger partial charge in [0.05, 0.1) is 11.1 Å². The first-order valence-corrected chi connectivity index (χ1v) is 13.7. The number of carbonyl (C=O) groups is 1. The summed E-state index contributed by atoms with van der Waals surface area (Å²) in [7, 11) is -1.88. The van der Waals surface area contributed by atoms with E-state index in [2.05, 4.69) is 19.9 Å². The number of hydrogen-bond acceptors (Lipinski definition) is 7. The number of nitrogens with zero attached hydrogens (tertiary/aromatic N) is 4. The van der Waals surface area contributed by atoms with Gasteiger partial charge in [-0.2, -0.15) is 4.98 Å². The average Bonchev–Trinajstić information content (AvgIpc) is 3.39. The molecule has 188 valence electrons. The van der Waals surface area contributed by atoms with Crippen molar-refractivity contribution in [3.05, 3.63) is 66.4 Å². The van der Waals surface area contributed by atoms with Gasteiger partial charge >= 0.3 is 0 Å². The van der Waals surface area contributed by atoms with Crippen LogP contribution in [-0.2, 0) is 21.4 Å². The zero-order valence-electron chi connectivity index (χ0n) is 20.2. The number of anilines is 4. The molecular weight excluding hydrogens is 476 g/mol. The molecule has 9 nitrogen and oxygen atoms in total. The number of aromatic nitrogens is 2. The molecular formula is C26H30N6O3S. The Morgan fingerprint density at radius 1 is 1.03 bits per heavy atom. The molecule has 0 saturated heterocycles. The maximum absolute atomic E-state index is 12.7. The molecule has 0 spiro atoms. The van der Waals surface area contributed by atoms with Gasteiger partial charge in [-0.3, -0.25) is 4.79 Å². The van der Waals surface area contributed by atoms with Crippen LogP contribution in [0.15, 0.2) is 65.7 Å². The number of hydrogen-bond donors (Lipinski definition) is 2. The third-order valence-corrected chi connectivity index (χ3v) is 8.24. The van der Waals surface area contributed by atoms with E-state index in [-0.39, 0.29) is 17.3 Å². The van der Waals surface area contributed by atoms with Gasteiger partial charge in [-0.05, 0) is 42.7 Å². The van der Waals surface area contributed by atoms with Crippen molar-refractivity contribution in [2.24, 2.45) is 0 Å². The minimum absolute atomic E-state index is 0.0544. The SMILES string of the molecule is CN1C(=O)CCN(C2CCCC2)c2nc(Nc3ccc(S(=O)(=O)NCc4ccccc4)cc3)ncc21. The molecule has 1 amide bonds. The standard InChI is InChI=1S/C26H30N6O3S/c1-31-23-18-27-26(30-25(23)32(16-15-24(31)33)21-9-5-6-10-21)29-20-11-13-22(14-12-20)36(34,35)28-17-19-7-3-2-4-8-19/h2-4,7-8,11-14,18,21,28H,5-6,9-10,15-17H2,1H3,(H,27,29,30). The van der Waals surface area contributed by atoms with Crippen molar-refractivity contribution in [2.75, 3.05) is 28.7 Å². The molecule has 1 saturated carbocycles. The Balaban J connectivity index is 1.33.